The molecule has 0 saturated carbocycles. The van der Waals surface area contributed by atoms with Gasteiger partial charge in [-0.25, -0.2) is 4.79 Å². The summed E-state index contributed by atoms with van der Waals surface area (Å²) in [4.78, 5) is 24.4. The lowest BCUT2D eigenvalue weighted by atomic mass is 10.2. The summed E-state index contributed by atoms with van der Waals surface area (Å²) in [5, 5.41) is 3.77. The van der Waals surface area contributed by atoms with Crippen molar-refractivity contribution in [2.24, 2.45) is 0 Å². The Bertz CT molecular complexity index is 950. The van der Waals surface area contributed by atoms with Gasteiger partial charge in [-0.05, 0) is 45.9 Å². The largest absolute Gasteiger partial charge is 0.459 e. The molecule has 2 heterocycles. The van der Waals surface area contributed by atoms with E-state index in [0.717, 1.165) is 28.9 Å². The summed E-state index contributed by atoms with van der Waals surface area (Å²) >= 11 is 0. The number of amides is 1. The van der Waals surface area contributed by atoms with Crippen LogP contribution in [0.2, 0.25) is 0 Å². The zero-order valence-electron chi connectivity index (χ0n) is 16.0. The molecule has 2 aromatic heterocycles. The third kappa shape index (κ3) is 3.89. The lowest BCUT2D eigenvalue weighted by molar-refractivity contribution is -0.125. The van der Waals surface area contributed by atoms with Crippen molar-refractivity contribution in [2.45, 2.75) is 40.3 Å². The van der Waals surface area contributed by atoms with Crippen molar-refractivity contribution in [3.05, 3.63) is 59.1 Å². The fourth-order valence-electron chi connectivity index (χ4n) is 3.27. The number of hydrogen-bond donors (Lipinski definition) is 1. The first-order valence-corrected chi connectivity index (χ1v) is 9.02. The number of hydrogen-bond acceptors (Lipinski definition) is 4. The molecule has 1 atom stereocenters. The van der Waals surface area contributed by atoms with E-state index in [4.69, 9.17) is 9.15 Å². The number of esters is 1. The Morgan fingerprint density at radius 3 is 2.63 bits per heavy atom. The minimum atomic E-state index is -0.491. The second-order valence-corrected chi connectivity index (χ2v) is 6.58. The second kappa shape index (κ2) is 7.70. The van der Waals surface area contributed by atoms with Crippen molar-refractivity contribution in [3.63, 3.8) is 0 Å². The number of carbonyl (C=O) groups excluding carboxylic acids is 2. The maximum Gasteiger partial charge on any atom is 0.340 e. The van der Waals surface area contributed by atoms with Gasteiger partial charge in [-0.2, -0.15) is 0 Å². The lowest BCUT2D eigenvalue weighted by Gasteiger charge is -2.11. The Morgan fingerprint density at radius 2 is 1.96 bits per heavy atom. The highest BCUT2D eigenvalue weighted by atomic mass is 16.5. The number of furan rings is 1. The fraction of sp³-hybridized carbons (Fsp3) is 0.333. The first-order valence-electron chi connectivity index (χ1n) is 9.02. The average molecular weight is 368 g/mol. The van der Waals surface area contributed by atoms with Crippen LogP contribution in [0.4, 0.5) is 0 Å². The van der Waals surface area contributed by atoms with Crippen LogP contribution >= 0.6 is 0 Å². The van der Waals surface area contributed by atoms with Gasteiger partial charge in [-0.3, -0.25) is 4.79 Å². The smallest absolute Gasteiger partial charge is 0.340 e. The molecule has 0 aliphatic heterocycles. The number of para-hydroxylation sites is 1. The third-order valence-electron chi connectivity index (χ3n) is 4.69. The van der Waals surface area contributed by atoms with E-state index in [1.54, 1.807) is 6.07 Å². The van der Waals surface area contributed by atoms with E-state index >= 15 is 0 Å². The molecule has 0 bridgehead atoms. The molecule has 0 aliphatic rings. The van der Waals surface area contributed by atoms with Crippen LogP contribution < -0.4 is 5.32 Å². The molecule has 6 nitrogen and oxygen atoms in total. The van der Waals surface area contributed by atoms with Gasteiger partial charge in [0.25, 0.3) is 5.91 Å². The summed E-state index contributed by atoms with van der Waals surface area (Å²) in [5.41, 5.74) is 3.10. The minimum absolute atomic E-state index is 0.325. The maximum absolute atomic E-state index is 12.3. The van der Waals surface area contributed by atoms with E-state index < -0.39 is 5.97 Å². The summed E-state index contributed by atoms with van der Waals surface area (Å²) < 4.78 is 13.0. The Hall–Kier alpha value is -3.02. The zero-order valence-corrected chi connectivity index (χ0v) is 16.0. The molecular weight excluding hydrogens is 344 g/mol. The molecule has 0 spiro atoms. The highest BCUT2D eigenvalue weighted by Crippen LogP contribution is 2.23. The summed E-state index contributed by atoms with van der Waals surface area (Å²) in [6.45, 7) is 8.10. The molecule has 0 radical (unpaired) electrons. The molecule has 0 saturated heterocycles. The van der Waals surface area contributed by atoms with Gasteiger partial charge in [-0.15, -0.1) is 0 Å². The molecule has 6 heteroatoms. The number of benzene rings is 1. The van der Waals surface area contributed by atoms with Crippen LogP contribution in [0.15, 0.2) is 40.8 Å². The monoisotopic (exact) mass is 368 g/mol. The zero-order chi connectivity index (χ0) is 19.6. The lowest BCUT2D eigenvalue weighted by Crippen LogP contribution is -2.31. The number of nitrogens with one attached hydrogen (secondary N) is 1. The Kier molecular flexibility index (Phi) is 5.35. The van der Waals surface area contributed by atoms with Crippen LogP contribution in [-0.2, 0) is 16.1 Å². The van der Waals surface area contributed by atoms with Crippen LogP contribution in [-0.4, -0.2) is 23.1 Å². The van der Waals surface area contributed by atoms with Crippen LogP contribution in [0.3, 0.4) is 0 Å². The number of carbonyl (C=O) groups is 2. The number of fused-ring (bicyclic) bond motifs is 1. The molecule has 0 unspecified atom stereocenters. The average Bonchev–Trinajstić information content (AvgIpc) is 3.20. The van der Waals surface area contributed by atoms with Crippen molar-refractivity contribution in [3.8, 4) is 0 Å². The summed E-state index contributed by atoms with van der Waals surface area (Å²) in [6, 6.07) is 11.0. The summed E-state index contributed by atoms with van der Waals surface area (Å²) in [5.74, 6) is -0.211. The standard InChI is InChI=1S/C21H24N2O4/c1-5-23-13(2)10-17(15(23)4)21(25)26-12-20(24)22-14(3)19-11-16-8-6-7-9-18(16)27-19/h6-11,14H,5,12H2,1-4H3,(H,22,24)/t14-/m0/s1. The highest BCUT2D eigenvalue weighted by molar-refractivity contribution is 5.92. The van der Waals surface area contributed by atoms with E-state index in [0.29, 0.717) is 11.3 Å². The van der Waals surface area contributed by atoms with Gasteiger partial charge in [0.2, 0.25) is 0 Å². The number of ether oxygens (including phenoxy) is 1. The molecule has 1 N–H and O–H groups in total. The first-order chi connectivity index (χ1) is 12.9. The molecule has 27 heavy (non-hydrogen) atoms. The molecule has 0 aliphatic carbocycles. The van der Waals surface area contributed by atoms with Crippen molar-refractivity contribution in [1.82, 2.24) is 9.88 Å². The van der Waals surface area contributed by atoms with Gasteiger partial charge in [0.05, 0.1) is 11.6 Å². The van der Waals surface area contributed by atoms with Crippen LogP contribution in [0.1, 0.15) is 47.4 Å². The van der Waals surface area contributed by atoms with Gasteiger partial charge in [0, 0.05) is 23.3 Å². The quantitative estimate of drug-likeness (QED) is 0.670. The Balaban J connectivity index is 1.58. The predicted octanol–water partition coefficient (Wildman–Crippen LogP) is 3.91. The molecule has 1 aromatic carbocycles. The molecule has 1 amide bonds. The van der Waals surface area contributed by atoms with Crippen molar-refractivity contribution < 1.29 is 18.7 Å². The van der Waals surface area contributed by atoms with Crippen LogP contribution in [0.25, 0.3) is 11.0 Å². The van der Waals surface area contributed by atoms with Crippen molar-refractivity contribution >= 4 is 22.8 Å². The van der Waals surface area contributed by atoms with Crippen LogP contribution in [0.5, 0.6) is 0 Å². The van der Waals surface area contributed by atoms with E-state index in [1.807, 2.05) is 62.6 Å². The summed E-state index contributed by atoms with van der Waals surface area (Å²) in [6.07, 6.45) is 0. The molecule has 3 aromatic rings. The van der Waals surface area contributed by atoms with Crippen LogP contribution in [0, 0.1) is 13.8 Å². The van der Waals surface area contributed by atoms with Gasteiger partial charge < -0.3 is 19.0 Å². The molecular formula is C21H24N2O4. The maximum atomic E-state index is 12.3. The van der Waals surface area contributed by atoms with Gasteiger partial charge >= 0.3 is 5.97 Å². The highest BCUT2D eigenvalue weighted by Gasteiger charge is 2.19. The Labute approximate surface area is 158 Å². The number of aromatic nitrogens is 1. The van der Waals surface area contributed by atoms with Gasteiger partial charge in [0.15, 0.2) is 6.61 Å². The number of rotatable bonds is 6. The van der Waals surface area contributed by atoms with Gasteiger partial charge in [-0.1, -0.05) is 18.2 Å². The van der Waals surface area contributed by atoms with E-state index in [9.17, 15) is 9.59 Å². The predicted molar refractivity (Wildman–Crippen MR) is 103 cm³/mol. The topological polar surface area (TPSA) is 73.5 Å². The second-order valence-electron chi connectivity index (χ2n) is 6.58. The van der Waals surface area contributed by atoms with Crippen molar-refractivity contribution in [1.29, 1.82) is 0 Å². The summed E-state index contributed by atoms with van der Waals surface area (Å²) in [7, 11) is 0. The van der Waals surface area contributed by atoms with Crippen molar-refractivity contribution in [2.75, 3.05) is 6.61 Å². The first kappa shape index (κ1) is 18.8. The molecule has 142 valence electrons. The van der Waals surface area contributed by atoms with Gasteiger partial charge in [0.1, 0.15) is 11.3 Å². The number of aryl methyl sites for hydroxylation is 1. The van der Waals surface area contributed by atoms with E-state index in [2.05, 4.69) is 5.32 Å². The normalized spacial score (nSPS) is 12.1. The SMILES string of the molecule is CCn1c(C)cc(C(=O)OCC(=O)N[C@@H](C)c2cc3ccccc3o2)c1C. The minimum Gasteiger partial charge on any atom is -0.459 e. The molecule has 0 fully saturated rings. The van der Waals surface area contributed by atoms with E-state index in [1.165, 1.54) is 0 Å². The number of nitrogens with zero attached hydrogens (tertiary/aromatic N) is 1. The third-order valence-corrected chi connectivity index (χ3v) is 4.69. The van der Waals surface area contributed by atoms with E-state index in [-0.39, 0.29) is 18.6 Å². The fourth-order valence-corrected chi connectivity index (χ4v) is 3.27. The molecule has 3 rings (SSSR count). The Morgan fingerprint density at radius 1 is 1.22 bits per heavy atom.